The van der Waals surface area contributed by atoms with Gasteiger partial charge in [0.05, 0.1) is 13.2 Å². The van der Waals surface area contributed by atoms with Crippen molar-refractivity contribution in [3.8, 4) is 0 Å². The highest BCUT2D eigenvalue weighted by Gasteiger charge is 2.36. The summed E-state index contributed by atoms with van der Waals surface area (Å²) >= 11 is 0. The molecular weight excluding hydrogens is 304 g/mol. The number of rotatable bonds is 2. The molecule has 24 heavy (non-hydrogen) atoms. The Morgan fingerprint density at radius 1 is 1.33 bits per heavy atom. The molecule has 2 aliphatic heterocycles. The van der Waals surface area contributed by atoms with E-state index in [-0.39, 0.29) is 11.9 Å². The van der Waals surface area contributed by atoms with E-state index < -0.39 is 0 Å². The van der Waals surface area contributed by atoms with Crippen molar-refractivity contribution in [1.29, 1.82) is 0 Å². The fraction of sp³-hybridized carbons (Fsp3) is 0.556. The second kappa shape index (κ2) is 6.18. The summed E-state index contributed by atoms with van der Waals surface area (Å²) in [6.45, 7) is 8.51. The van der Waals surface area contributed by atoms with E-state index in [1.807, 2.05) is 40.8 Å². The molecule has 6 nitrogen and oxygen atoms in total. The first kappa shape index (κ1) is 15.6. The van der Waals surface area contributed by atoms with Crippen molar-refractivity contribution in [3.63, 3.8) is 0 Å². The van der Waals surface area contributed by atoms with Gasteiger partial charge in [0.15, 0.2) is 0 Å². The third-order valence-electron chi connectivity index (χ3n) is 5.32. The van der Waals surface area contributed by atoms with Crippen LogP contribution in [-0.4, -0.2) is 70.0 Å². The topological polar surface area (TPSA) is 50.1 Å². The predicted octanol–water partition coefficient (Wildman–Crippen LogP) is 1.58. The zero-order valence-corrected chi connectivity index (χ0v) is 14.3. The van der Waals surface area contributed by atoms with Crippen LogP contribution in [0.5, 0.6) is 0 Å². The maximum atomic E-state index is 13.0. The molecule has 0 aromatic carbocycles. The zero-order chi connectivity index (χ0) is 16.7. The van der Waals surface area contributed by atoms with Crippen LogP contribution >= 0.6 is 0 Å². The van der Waals surface area contributed by atoms with Crippen LogP contribution < -0.4 is 0 Å². The van der Waals surface area contributed by atoms with Crippen LogP contribution in [-0.2, 0) is 4.74 Å². The Morgan fingerprint density at radius 2 is 2.12 bits per heavy atom. The van der Waals surface area contributed by atoms with Crippen LogP contribution in [0.15, 0.2) is 24.5 Å². The molecular formula is C18H24N4O2. The van der Waals surface area contributed by atoms with E-state index in [0.29, 0.717) is 6.04 Å². The summed E-state index contributed by atoms with van der Waals surface area (Å²) in [7, 11) is 0. The molecule has 4 heterocycles. The number of carbonyl (C=O) groups excluding carboxylic acids is 1. The Labute approximate surface area is 142 Å². The molecule has 0 N–H and O–H groups in total. The number of imidazole rings is 1. The molecule has 0 aliphatic carbocycles. The summed E-state index contributed by atoms with van der Waals surface area (Å²) in [6, 6.07) is 4.51. The van der Waals surface area contributed by atoms with E-state index in [4.69, 9.17) is 4.74 Å². The van der Waals surface area contributed by atoms with Gasteiger partial charge >= 0.3 is 0 Å². The fourth-order valence-electron chi connectivity index (χ4n) is 3.90. The molecule has 2 atom stereocenters. The van der Waals surface area contributed by atoms with Crippen LogP contribution in [0, 0.1) is 6.92 Å². The molecule has 2 aromatic rings. The van der Waals surface area contributed by atoms with E-state index in [1.54, 1.807) is 0 Å². The van der Waals surface area contributed by atoms with E-state index in [0.717, 1.165) is 56.2 Å². The average Bonchev–Trinajstić information content (AvgIpc) is 3.18. The monoisotopic (exact) mass is 328 g/mol. The molecule has 0 saturated carbocycles. The molecule has 0 radical (unpaired) electrons. The molecule has 0 spiro atoms. The standard InChI is InChI=1S/C18H24N4O2/c1-13-9-16(20-5-7-24-8-6-20)12-22(13)18(23)15-3-4-21-14(2)11-19-17(21)10-15/h3-4,10-11,13,16H,5-9,12H2,1-2H3. The molecule has 2 fully saturated rings. The molecule has 4 rings (SSSR count). The van der Waals surface area contributed by atoms with Gasteiger partial charge in [0.1, 0.15) is 5.65 Å². The predicted molar refractivity (Wildman–Crippen MR) is 91.2 cm³/mol. The number of nitrogens with zero attached hydrogens (tertiary/aromatic N) is 4. The van der Waals surface area contributed by atoms with Crippen LogP contribution in [0.25, 0.3) is 5.65 Å². The SMILES string of the molecule is Cc1cnc2cc(C(=O)N3CC(N4CCOCC4)CC3C)ccn12. The molecule has 1 amide bonds. The Kier molecular flexibility index (Phi) is 4.02. The first-order valence-corrected chi connectivity index (χ1v) is 8.70. The number of carbonyl (C=O) groups is 1. The van der Waals surface area contributed by atoms with Crippen molar-refractivity contribution in [2.24, 2.45) is 0 Å². The summed E-state index contributed by atoms with van der Waals surface area (Å²) in [4.78, 5) is 21.8. The van der Waals surface area contributed by atoms with Crippen molar-refractivity contribution in [3.05, 3.63) is 35.8 Å². The molecule has 2 aromatic heterocycles. The Balaban J connectivity index is 1.52. The van der Waals surface area contributed by atoms with Crippen molar-refractivity contribution in [2.45, 2.75) is 32.4 Å². The van der Waals surface area contributed by atoms with Gasteiger partial charge in [-0.2, -0.15) is 0 Å². The van der Waals surface area contributed by atoms with Crippen molar-refractivity contribution >= 4 is 11.6 Å². The van der Waals surface area contributed by atoms with Crippen molar-refractivity contribution in [1.82, 2.24) is 19.2 Å². The van der Waals surface area contributed by atoms with Gasteiger partial charge in [0, 0.05) is 55.4 Å². The summed E-state index contributed by atoms with van der Waals surface area (Å²) in [5.41, 5.74) is 2.63. The second-order valence-corrected chi connectivity index (χ2v) is 6.89. The van der Waals surface area contributed by atoms with Gasteiger partial charge in [-0.05, 0) is 32.4 Å². The first-order chi connectivity index (χ1) is 11.6. The highest BCUT2D eigenvalue weighted by atomic mass is 16.5. The summed E-state index contributed by atoms with van der Waals surface area (Å²) < 4.78 is 7.44. The Morgan fingerprint density at radius 3 is 2.92 bits per heavy atom. The van der Waals surface area contributed by atoms with Gasteiger partial charge in [-0.15, -0.1) is 0 Å². The number of hydrogen-bond donors (Lipinski definition) is 0. The van der Waals surface area contributed by atoms with E-state index in [1.165, 1.54) is 0 Å². The van der Waals surface area contributed by atoms with Gasteiger partial charge < -0.3 is 14.0 Å². The number of morpholine rings is 1. The van der Waals surface area contributed by atoms with Crippen molar-refractivity contribution in [2.75, 3.05) is 32.8 Å². The molecule has 128 valence electrons. The smallest absolute Gasteiger partial charge is 0.254 e. The number of aryl methyl sites for hydroxylation is 1. The van der Waals surface area contributed by atoms with Crippen LogP contribution in [0.3, 0.4) is 0 Å². The number of amides is 1. The Hall–Kier alpha value is -1.92. The number of aromatic nitrogens is 2. The number of likely N-dealkylation sites (tertiary alicyclic amines) is 1. The minimum Gasteiger partial charge on any atom is -0.379 e. The third kappa shape index (κ3) is 2.70. The lowest BCUT2D eigenvalue weighted by Gasteiger charge is -2.32. The highest BCUT2D eigenvalue weighted by Crippen LogP contribution is 2.25. The maximum absolute atomic E-state index is 13.0. The molecule has 0 bridgehead atoms. The van der Waals surface area contributed by atoms with E-state index >= 15 is 0 Å². The van der Waals surface area contributed by atoms with Crippen LogP contribution in [0.2, 0.25) is 0 Å². The van der Waals surface area contributed by atoms with Gasteiger partial charge in [0.2, 0.25) is 0 Å². The molecule has 6 heteroatoms. The normalized spacial score (nSPS) is 25.5. The largest absolute Gasteiger partial charge is 0.379 e. The second-order valence-electron chi connectivity index (χ2n) is 6.89. The minimum absolute atomic E-state index is 0.112. The lowest BCUT2D eigenvalue weighted by atomic mass is 10.1. The Bertz CT molecular complexity index is 751. The number of pyridine rings is 1. The lowest BCUT2D eigenvalue weighted by Crippen LogP contribution is -2.45. The molecule has 2 aliphatic rings. The van der Waals surface area contributed by atoms with Crippen LogP contribution in [0.1, 0.15) is 29.4 Å². The van der Waals surface area contributed by atoms with Crippen molar-refractivity contribution < 1.29 is 9.53 Å². The zero-order valence-electron chi connectivity index (χ0n) is 14.3. The first-order valence-electron chi connectivity index (χ1n) is 8.70. The maximum Gasteiger partial charge on any atom is 0.254 e. The van der Waals surface area contributed by atoms with Gasteiger partial charge in [-0.1, -0.05) is 0 Å². The highest BCUT2D eigenvalue weighted by molar-refractivity contribution is 5.95. The average molecular weight is 328 g/mol. The number of ether oxygens (including phenoxy) is 1. The molecule has 2 unspecified atom stereocenters. The number of hydrogen-bond acceptors (Lipinski definition) is 4. The summed E-state index contributed by atoms with van der Waals surface area (Å²) in [5.74, 6) is 0.112. The summed E-state index contributed by atoms with van der Waals surface area (Å²) in [6.07, 6.45) is 4.80. The van der Waals surface area contributed by atoms with Gasteiger partial charge in [0.25, 0.3) is 5.91 Å². The van der Waals surface area contributed by atoms with Crippen LogP contribution in [0.4, 0.5) is 0 Å². The minimum atomic E-state index is 0.112. The van der Waals surface area contributed by atoms with Gasteiger partial charge in [-0.3, -0.25) is 9.69 Å². The summed E-state index contributed by atoms with van der Waals surface area (Å²) in [5, 5.41) is 0. The quantitative estimate of drug-likeness (QED) is 0.840. The van der Waals surface area contributed by atoms with Gasteiger partial charge in [-0.25, -0.2) is 4.98 Å². The fourth-order valence-corrected chi connectivity index (χ4v) is 3.90. The molecule has 2 saturated heterocycles. The van der Waals surface area contributed by atoms with E-state index in [9.17, 15) is 4.79 Å². The van der Waals surface area contributed by atoms with E-state index in [2.05, 4.69) is 16.8 Å². The lowest BCUT2D eigenvalue weighted by molar-refractivity contribution is 0.0185. The third-order valence-corrected chi connectivity index (χ3v) is 5.32. The number of fused-ring (bicyclic) bond motifs is 1.